The zero-order valence-electron chi connectivity index (χ0n) is 13.3. The minimum absolute atomic E-state index is 0.0909. The Labute approximate surface area is 145 Å². The van der Waals surface area contributed by atoms with Gasteiger partial charge in [0.2, 0.25) is 0 Å². The molecule has 1 amide bonds. The lowest BCUT2D eigenvalue weighted by atomic mass is 10.2. The number of nitrogens with zero attached hydrogens (tertiary/aromatic N) is 3. The number of amides is 1. The van der Waals surface area contributed by atoms with Crippen molar-refractivity contribution in [3.63, 3.8) is 0 Å². The molecule has 0 fully saturated rings. The van der Waals surface area contributed by atoms with Crippen LogP contribution in [-0.2, 0) is 0 Å². The van der Waals surface area contributed by atoms with Crippen molar-refractivity contribution in [3.05, 3.63) is 76.6 Å². The predicted molar refractivity (Wildman–Crippen MR) is 93.4 cm³/mol. The minimum Gasteiger partial charge on any atom is -0.364 e. The molecule has 0 aliphatic carbocycles. The summed E-state index contributed by atoms with van der Waals surface area (Å²) in [6.07, 6.45) is 0. The molecule has 0 unspecified atom stereocenters. The first-order valence-corrected chi connectivity index (χ1v) is 7.68. The lowest BCUT2D eigenvalue weighted by molar-refractivity contribution is 0.0997. The number of carbonyl (C=O) groups is 1. The first-order chi connectivity index (χ1) is 12.5. The molecule has 8 heteroatoms. The van der Waals surface area contributed by atoms with Crippen LogP contribution in [-0.4, -0.2) is 25.4 Å². The number of aromatic nitrogens is 4. The van der Waals surface area contributed by atoms with E-state index < -0.39 is 17.4 Å². The fourth-order valence-electron chi connectivity index (χ4n) is 2.71. The molecule has 3 N–H and O–H groups in total. The number of halogens is 1. The number of hydrogen-bond donors (Lipinski definition) is 2. The van der Waals surface area contributed by atoms with Crippen LogP contribution in [0.15, 0.2) is 59.4 Å². The third-order valence-corrected chi connectivity index (χ3v) is 3.89. The fourth-order valence-corrected chi connectivity index (χ4v) is 2.71. The number of hydrogen-bond acceptors (Lipinski definition) is 4. The summed E-state index contributed by atoms with van der Waals surface area (Å²) in [5.74, 6) is -0.970. The van der Waals surface area contributed by atoms with Crippen LogP contribution in [0.4, 0.5) is 4.39 Å². The van der Waals surface area contributed by atoms with Crippen LogP contribution in [0, 0.1) is 5.82 Å². The highest BCUT2D eigenvalue weighted by molar-refractivity contribution is 6.02. The normalized spacial score (nSPS) is 11.0. The number of primary amides is 1. The third-order valence-electron chi connectivity index (χ3n) is 3.89. The molecule has 2 heterocycles. The summed E-state index contributed by atoms with van der Waals surface area (Å²) >= 11 is 0. The minimum atomic E-state index is -0.790. The maximum absolute atomic E-state index is 13.2. The number of imidazole rings is 1. The number of benzene rings is 2. The third kappa shape index (κ3) is 2.53. The number of aromatic amines is 1. The first-order valence-electron chi connectivity index (χ1n) is 7.68. The van der Waals surface area contributed by atoms with E-state index in [9.17, 15) is 14.0 Å². The van der Waals surface area contributed by atoms with Crippen molar-refractivity contribution in [1.29, 1.82) is 0 Å². The molecule has 0 saturated heterocycles. The second kappa shape index (κ2) is 5.92. The van der Waals surface area contributed by atoms with E-state index in [-0.39, 0.29) is 22.7 Å². The van der Waals surface area contributed by atoms with Crippen LogP contribution in [0.1, 0.15) is 10.5 Å². The van der Waals surface area contributed by atoms with Gasteiger partial charge in [-0.2, -0.15) is 0 Å². The number of nitrogens with one attached hydrogen (secondary N) is 1. The van der Waals surface area contributed by atoms with E-state index >= 15 is 0 Å². The van der Waals surface area contributed by atoms with Gasteiger partial charge in [0.15, 0.2) is 17.2 Å². The molecule has 128 valence electrons. The van der Waals surface area contributed by atoms with Crippen molar-refractivity contribution in [1.82, 2.24) is 19.5 Å². The van der Waals surface area contributed by atoms with Gasteiger partial charge in [-0.1, -0.05) is 30.3 Å². The molecular weight excluding hydrogens is 337 g/mol. The summed E-state index contributed by atoms with van der Waals surface area (Å²) in [5.41, 5.74) is 6.19. The van der Waals surface area contributed by atoms with E-state index in [4.69, 9.17) is 5.73 Å². The number of fused-ring (bicyclic) bond motifs is 1. The monoisotopic (exact) mass is 349 g/mol. The summed E-state index contributed by atoms with van der Waals surface area (Å²) in [4.78, 5) is 35.5. The van der Waals surface area contributed by atoms with Crippen molar-refractivity contribution in [2.24, 2.45) is 5.73 Å². The number of rotatable bonds is 3. The maximum Gasteiger partial charge on any atom is 0.332 e. The molecular formula is C18H12FN5O2. The van der Waals surface area contributed by atoms with Crippen molar-refractivity contribution in [2.75, 3.05) is 0 Å². The Morgan fingerprint density at radius 3 is 2.38 bits per heavy atom. The van der Waals surface area contributed by atoms with Gasteiger partial charge in [0, 0.05) is 5.56 Å². The predicted octanol–water partition coefficient (Wildman–Crippen LogP) is 2.01. The highest BCUT2D eigenvalue weighted by Gasteiger charge is 2.20. The lowest BCUT2D eigenvalue weighted by Crippen LogP contribution is -2.15. The smallest absolute Gasteiger partial charge is 0.332 e. The Kier molecular flexibility index (Phi) is 3.58. The van der Waals surface area contributed by atoms with Crippen LogP contribution in [0.5, 0.6) is 0 Å². The van der Waals surface area contributed by atoms with Crippen molar-refractivity contribution < 1.29 is 9.18 Å². The Balaban J connectivity index is 2.06. The van der Waals surface area contributed by atoms with Crippen molar-refractivity contribution in [3.8, 4) is 17.1 Å². The highest BCUT2D eigenvalue weighted by Crippen LogP contribution is 2.21. The van der Waals surface area contributed by atoms with Gasteiger partial charge in [-0.05, 0) is 24.3 Å². The van der Waals surface area contributed by atoms with E-state index in [0.29, 0.717) is 11.3 Å². The van der Waals surface area contributed by atoms with Gasteiger partial charge in [0.1, 0.15) is 11.3 Å². The molecule has 7 nitrogen and oxygen atoms in total. The Bertz CT molecular complexity index is 1180. The molecule has 2 aromatic heterocycles. The molecule has 0 saturated carbocycles. The Morgan fingerprint density at radius 2 is 1.73 bits per heavy atom. The van der Waals surface area contributed by atoms with Gasteiger partial charge in [-0.25, -0.2) is 23.7 Å². The molecule has 0 radical (unpaired) electrons. The zero-order valence-corrected chi connectivity index (χ0v) is 13.3. The molecule has 0 bridgehead atoms. The molecule has 4 aromatic rings. The van der Waals surface area contributed by atoms with E-state index in [1.54, 1.807) is 24.3 Å². The standard InChI is InChI=1S/C18H12FN5O2/c19-11-6-8-12(9-7-11)24-17-14(22-18(24)26)13(15(20)25)21-16(23-17)10-4-2-1-3-5-10/h1-9H,(H2,20,25)(H,22,26). The second-order valence-corrected chi connectivity index (χ2v) is 5.57. The molecule has 4 rings (SSSR count). The maximum atomic E-state index is 13.2. The number of carbonyl (C=O) groups excluding carboxylic acids is 1. The van der Waals surface area contributed by atoms with Crippen LogP contribution < -0.4 is 11.4 Å². The highest BCUT2D eigenvalue weighted by atomic mass is 19.1. The van der Waals surface area contributed by atoms with Gasteiger partial charge in [0.05, 0.1) is 5.69 Å². The number of nitrogens with two attached hydrogens (primary N) is 1. The summed E-state index contributed by atoms with van der Waals surface area (Å²) in [7, 11) is 0. The second-order valence-electron chi connectivity index (χ2n) is 5.57. The average Bonchev–Trinajstić information content (AvgIpc) is 2.98. The van der Waals surface area contributed by atoms with Gasteiger partial charge < -0.3 is 10.7 Å². The summed E-state index contributed by atoms with van der Waals surface area (Å²) in [6, 6.07) is 14.3. The zero-order chi connectivity index (χ0) is 18.3. The Hall–Kier alpha value is -3.81. The van der Waals surface area contributed by atoms with E-state index in [1.807, 2.05) is 6.07 Å². The van der Waals surface area contributed by atoms with Gasteiger partial charge in [-0.3, -0.25) is 4.79 Å². The molecule has 0 spiro atoms. The van der Waals surface area contributed by atoms with Crippen LogP contribution in [0.25, 0.3) is 28.2 Å². The molecule has 26 heavy (non-hydrogen) atoms. The fraction of sp³-hybridized carbons (Fsp3) is 0. The summed E-state index contributed by atoms with van der Waals surface area (Å²) < 4.78 is 14.5. The molecule has 0 aliphatic heterocycles. The quantitative estimate of drug-likeness (QED) is 0.590. The van der Waals surface area contributed by atoms with Crippen LogP contribution in [0.3, 0.4) is 0 Å². The summed E-state index contributed by atoms with van der Waals surface area (Å²) in [6.45, 7) is 0. The van der Waals surface area contributed by atoms with E-state index in [1.165, 1.54) is 28.8 Å². The van der Waals surface area contributed by atoms with Gasteiger partial charge in [-0.15, -0.1) is 0 Å². The molecule has 0 atom stereocenters. The molecule has 2 aromatic carbocycles. The van der Waals surface area contributed by atoms with Crippen molar-refractivity contribution in [2.45, 2.75) is 0 Å². The SMILES string of the molecule is NC(=O)c1nc(-c2ccccc2)nc2c1[nH]c(=O)n2-c1ccc(F)cc1. The van der Waals surface area contributed by atoms with Gasteiger partial charge in [0.25, 0.3) is 5.91 Å². The first kappa shape index (κ1) is 15.7. The van der Waals surface area contributed by atoms with Crippen LogP contribution >= 0.6 is 0 Å². The lowest BCUT2D eigenvalue weighted by Gasteiger charge is -2.06. The Morgan fingerprint density at radius 1 is 1.04 bits per heavy atom. The largest absolute Gasteiger partial charge is 0.364 e. The number of H-pyrrole nitrogens is 1. The average molecular weight is 349 g/mol. The molecule has 0 aliphatic rings. The van der Waals surface area contributed by atoms with Crippen LogP contribution in [0.2, 0.25) is 0 Å². The van der Waals surface area contributed by atoms with Gasteiger partial charge >= 0.3 is 5.69 Å². The van der Waals surface area contributed by atoms with E-state index in [0.717, 1.165) is 0 Å². The topological polar surface area (TPSA) is 107 Å². The van der Waals surface area contributed by atoms with E-state index in [2.05, 4.69) is 15.0 Å². The summed E-state index contributed by atoms with van der Waals surface area (Å²) in [5, 5.41) is 0. The van der Waals surface area contributed by atoms with Crippen molar-refractivity contribution >= 4 is 17.1 Å².